The van der Waals surface area contributed by atoms with Gasteiger partial charge in [0.1, 0.15) is 0 Å². The van der Waals surface area contributed by atoms with Gasteiger partial charge in [0.15, 0.2) is 41.7 Å². The van der Waals surface area contributed by atoms with E-state index in [2.05, 4.69) is 204 Å². The van der Waals surface area contributed by atoms with Gasteiger partial charge in [0.2, 0.25) is 0 Å². The highest BCUT2D eigenvalue weighted by atomic mass is 127. The lowest BCUT2D eigenvalue weighted by atomic mass is 9.86. The van der Waals surface area contributed by atoms with Crippen LogP contribution in [0.4, 0.5) is 26.3 Å². The molecule has 6 nitrogen and oxygen atoms in total. The van der Waals surface area contributed by atoms with Crippen LogP contribution in [0.2, 0.25) is 0 Å². The van der Waals surface area contributed by atoms with Crippen LogP contribution < -0.4 is 63.6 Å². The predicted octanol–water partition coefficient (Wildman–Crippen LogP) is 11.6. The summed E-state index contributed by atoms with van der Waals surface area (Å²) in [6.45, 7) is 25.6. The maximum atomic E-state index is 10.7. The molecule has 0 unspecified atom stereocenters. The molecule has 508 valence electrons. The van der Waals surface area contributed by atoms with Gasteiger partial charge in [-0.15, -0.1) is 0 Å². The van der Waals surface area contributed by atoms with Gasteiger partial charge in [0.25, 0.3) is 0 Å². The Morgan fingerprint density at radius 2 is 0.560 bits per heavy atom. The number of hydrogen-bond acceptors (Lipinski definition) is 6. The number of rotatable bonds is 30. The minimum Gasteiger partial charge on any atom is -0.741 e. The Morgan fingerprint density at radius 1 is 0.330 bits per heavy atom. The summed E-state index contributed by atoms with van der Waals surface area (Å²) in [4.78, 5) is 0. The number of unbranched alkanes of at least 4 members (excludes halogenated alkanes) is 8. The van der Waals surface area contributed by atoms with Gasteiger partial charge in [0, 0.05) is 16.7 Å². The van der Waals surface area contributed by atoms with Crippen LogP contribution in [0.5, 0.6) is 0 Å². The average Bonchev–Trinajstić information content (AvgIpc) is 0.847. The normalized spacial score (nSPS) is 11.7. The third kappa shape index (κ3) is 32.0. The van der Waals surface area contributed by atoms with E-state index in [1.165, 1.54) is 163 Å². The molecule has 6 aromatic rings. The lowest BCUT2D eigenvalue weighted by Gasteiger charge is -2.19. The molecule has 0 aliphatic rings. The van der Waals surface area contributed by atoms with Crippen molar-refractivity contribution in [1.82, 2.24) is 0 Å². The average molecular weight is 1650 g/mol. The van der Waals surface area contributed by atoms with E-state index < -0.39 is 31.3 Å². The van der Waals surface area contributed by atoms with Crippen LogP contribution in [0.3, 0.4) is 0 Å². The van der Waals surface area contributed by atoms with E-state index in [1.807, 2.05) is 0 Å². The van der Waals surface area contributed by atoms with Crippen LogP contribution in [0.1, 0.15) is 229 Å². The SMILES string of the molecule is CC(C)(C)c1ccccc1[I+]c1ccccc1.CCCCc1cc([I+]c2ccccc2)c(CCCC)c(CCCC)c1CCCC.CCCCc1cc([I+]c2ccccc2)c(CCCC)c(CCCC)c1CCCC.O=S(=O)([O-])C(F)(F)F.O=S(=O)([O-])C(F)(F)F. The van der Waals surface area contributed by atoms with Crippen LogP contribution in [0.25, 0.3) is 0 Å². The molecule has 0 saturated carbocycles. The van der Waals surface area contributed by atoms with Crippen LogP contribution in [-0.2, 0) is 77.0 Å². The second-order valence-corrected chi connectivity index (χ2v) is 35.0. The van der Waals surface area contributed by atoms with E-state index in [1.54, 1.807) is 62.4 Å². The molecule has 6 rings (SSSR count). The number of alkyl halides is 6. The molecule has 0 radical (unpaired) electrons. The summed E-state index contributed by atoms with van der Waals surface area (Å²) in [6, 6.07) is 47.6. The van der Waals surface area contributed by atoms with Gasteiger partial charge in [-0.2, -0.15) is 26.3 Å². The molecule has 0 spiro atoms. The first-order chi connectivity index (χ1) is 43.1. The standard InChI is InChI=1S/2C28H42I.C16H18I.2CHF3O3S/c2*1-5-9-16-23-22-28(29-24-17-14-13-15-18-24)27(21-12-8-4)26(20-11-7-3)25(23)19-10-6-2;1-16(2,3)14-11-7-8-12-15(14)17-13-9-5-4-6-10-13;2*2-1(3,4)8(5,6)7/h2*13-15,17-18,22H,5-12,16,19-21H2,1-4H3;4-12H,1-3H3;2*(H,5,6,7)/q3*+1;;/p-2. The van der Waals surface area contributed by atoms with E-state index in [0.29, 0.717) is 0 Å². The van der Waals surface area contributed by atoms with Gasteiger partial charge in [0.05, 0.1) is 0 Å². The smallest absolute Gasteiger partial charge is 0.485 e. The lowest BCUT2D eigenvalue weighted by molar-refractivity contribution is -0.598. The molecule has 0 aliphatic carbocycles. The second-order valence-electron chi connectivity index (χ2n) is 23.4. The first-order valence-electron chi connectivity index (χ1n) is 32.6. The Hall–Kier alpha value is -3.09. The molecule has 0 bridgehead atoms. The summed E-state index contributed by atoms with van der Waals surface area (Å²) in [5.41, 5.74) is 4.38. The predicted molar refractivity (Wildman–Crippen MR) is 350 cm³/mol. The van der Waals surface area contributed by atoms with Crippen molar-refractivity contribution in [3.8, 4) is 0 Å². The monoisotopic (exact) mass is 1650 g/mol. The Morgan fingerprint density at radius 3 is 0.824 bits per heavy atom. The van der Waals surface area contributed by atoms with Crippen molar-refractivity contribution in [2.75, 3.05) is 0 Å². The van der Waals surface area contributed by atoms with Crippen molar-refractivity contribution in [2.45, 2.75) is 247 Å². The molecule has 0 aromatic heterocycles. The summed E-state index contributed by atoms with van der Waals surface area (Å²) >= 11 is -0.264. The van der Waals surface area contributed by atoms with Crippen molar-refractivity contribution in [1.29, 1.82) is 0 Å². The molecule has 91 heavy (non-hydrogen) atoms. The molecule has 17 heteroatoms. The van der Waals surface area contributed by atoms with Gasteiger partial charge >= 0.3 is 74.6 Å². The van der Waals surface area contributed by atoms with E-state index in [9.17, 15) is 26.3 Å². The van der Waals surface area contributed by atoms with E-state index >= 15 is 0 Å². The first kappa shape index (κ1) is 84.0. The largest absolute Gasteiger partial charge is 0.741 e. The molecule has 0 amide bonds. The Labute approximate surface area is 576 Å². The number of hydrogen-bond donors (Lipinski definition) is 0. The zero-order chi connectivity index (χ0) is 68.1. The minimum atomic E-state index is -6.09. The van der Waals surface area contributed by atoms with Crippen LogP contribution >= 0.6 is 0 Å². The van der Waals surface area contributed by atoms with Crippen LogP contribution in [0.15, 0.2) is 127 Å². The zero-order valence-electron chi connectivity index (χ0n) is 55.8. The van der Waals surface area contributed by atoms with Gasteiger partial charge < -0.3 is 9.11 Å². The third-order valence-corrected chi connectivity index (χ3v) is 24.5. The quantitative estimate of drug-likeness (QED) is 0.0192. The maximum absolute atomic E-state index is 10.7. The highest BCUT2D eigenvalue weighted by Gasteiger charge is 2.38. The molecule has 0 heterocycles. The van der Waals surface area contributed by atoms with Crippen LogP contribution in [-0.4, -0.2) is 37.0 Å². The van der Waals surface area contributed by atoms with Crippen molar-refractivity contribution in [2.24, 2.45) is 0 Å². The van der Waals surface area contributed by atoms with Gasteiger partial charge in [-0.3, -0.25) is 0 Å². The summed E-state index contributed by atoms with van der Waals surface area (Å²) in [6.07, 6.45) is 31.2. The molecule has 0 fully saturated rings. The fraction of sp³-hybridized carbons (Fsp3) is 0.514. The topological polar surface area (TPSA) is 114 Å². The Kier molecular flexibility index (Phi) is 41.2. The van der Waals surface area contributed by atoms with Crippen molar-refractivity contribution in [3.05, 3.63) is 199 Å². The fourth-order valence-electron chi connectivity index (χ4n) is 9.87. The lowest BCUT2D eigenvalue weighted by Crippen LogP contribution is -3.61. The van der Waals surface area contributed by atoms with E-state index in [-0.39, 0.29) is 69.0 Å². The van der Waals surface area contributed by atoms with E-state index in [4.69, 9.17) is 25.9 Å². The Bertz CT molecular complexity index is 3030. The molecular formula is C74H102F6I3O6S2+. The molecule has 0 aliphatic heterocycles. The molecule has 0 atom stereocenters. The molecule has 6 aromatic carbocycles. The van der Waals surface area contributed by atoms with Gasteiger partial charge in [-0.25, -0.2) is 16.8 Å². The van der Waals surface area contributed by atoms with E-state index in [0.717, 1.165) is 0 Å². The molecular weight excluding hydrogens is 1540 g/mol. The zero-order valence-corrected chi connectivity index (χ0v) is 63.9. The maximum Gasteiger partial charge on any atom is 0.485 e. The first-order valence-corrected chi connectivity index (χ1v) is 41.9. The number of aryl methyl sites for hydroxylation is 2. The van der Waals surface area contributed by atoms with Gasteiger partial charge in [-0.05, 0) is 196 Å². The highest BCUT2D eigenvalue weighted by molar-refractivity contribution is 7.86. The molecule has 0 saturated heterocycles. The third-order valence-electron chi connectivity index (χ3n) is 14.8. The second kappa shape index (κ2) is 44.6. The number of benzene rings is 6. The van der Waals surface area contributed by atoms with Crippen molar-refractivity contribution < 1.29 is 116 Å². The molecule has 0 N–H and O–H groups in total. The van der Waals surface area contributed by atoms with Crippen LogP contribution in [0, 0.1) is 21.4 Å². The van der Waals surface area contributed by atoms with Gasteiger partial charge in [-0.1, -0.05) is 200 Å². The minimum absolute atomic E-state index is 0.0589. The summed E-state index contributed by atoms with van der Waals surface area (Å²) in [5, 5.41) is 0. The summed E-state index contributed by atoms with van der Waals surface area (Å²) < 4.78 is 127. The van der Waals surface area contributed by atoms with Crippen molar-refractivity contribution >= 4 is 20.2 Å². The highest BCUT2D eigenvalue weighted by Crippen LogP contribution is 2.30. The summed E-state index contributed by atoms with van der Waals surface area (Å²) in [7, 11) is -12.2. The number of halogens is 9. The van der Waals surface area contributed by atoms with Crippen molar-refractivity contribution in [3.63, 3.8) is 0 Å². The Balaban J connectivity index is 0.000000423. The summed E-state index contributed by atoms with van der Waals surface area (Å²) in [5.74, 6) is 0. The fourth-order valence-corrected chi connectivity index (χ4v) is 18.8.